The number of nitrogens with zero attached hydrogens (tertiary/aromatic N) is 1. The summed E-state index contributed by atoms with van der Waals surface area (Å²) >= 11 is 11.5. The van der Waals surface area contributed by atoms with Gasteiger partial charge < -0.3 is 4.58 Å². The minimum atomic E-state index is 0.557. The zero-order chi connectivity index (χ0) is 9.14. The summed E-state index contributed by atoms with van der Waals surface area (Å²) in [5.41, 5.74) is 0.790. The number of hydrogen-bond acceptors (Lipinski definition) is 0. The normalized spacial score (nSPS) is 11.8. The third-order valence-electron chi connectivity index (χ3n) is 1.30. The molecule has 3 heteroatoms. The Morgan fingerprint density at radius 3 is 2.58 bits per heavy atom. The van der Waals surface area contributed by atoms with Crippen LogP contribution in [0, 0.1) is 7.05 Å². The first kappa shape index (κ1) is 9.43. The number of halogens is 2. The second-order valence-electron chi connectivity index (χ2n) is 2.41. The van der Waals surface area contributed by atoms with Gasteiger partial charge in [-0.25, -0.2) is 0 Å². The van der Waals surface area contributed by atoms with Crippen molar-refractivity contribution in [3.8, 4) is 0 Å². The van der Waals surface area contributed by atoms with Crippen LogP contribution in [-0.2, 0) is 0 Å². The molecular weight excluding hydrogens is 193 g/mol. The zero-order valence-corrected chi connectivity index (χ0v) is 8.02. The SMILES string of the molecule is [C-][N+](C)=Cc1ccc(Cl)cc1Cl. The molecule has 0 saturated carbocycles. The van der Waals surface area contributed by atoms with E-state index in [0.29, 0.717) is 10.0 Å². The molecule has 0 aliphatic rings. The van der Waals surface area contributed by atoms with Crippen molar-refractivity contribution in [2.75, 3.05) is 7.05 Å². The highest BCUT2D eigenvalue weighted by molar-refractivity contribution is 6.36. The molecule has 0 amide bonds. The quantitative estimate of drug-likeness (QED) is 0.372. The van der Waals surface area contributed by atoms with Crippen molar-refractivity contribution in [2.24, 2.45) is 0 Å². The average molecular weight is 200 g/mol. The fourth-order valence-corrected chi connectivity index (χ4v) is 1.27. The second-order valence-corrected chi connectivity index (χ2v) is 3.25. The van der Waals surface area contributed by atoms with Crippen molar-refractivity contribution >= 4 is 29.4 Å². The molecule has 0 heterocycles. The lowest BCUT2D eigenvalue weighted by Crippen LogP contribution is -1.97. The fraction of sp³-hybridized carbons (Fsp3) is 0.111. The summed E-state index contributed by atoms with van der Waals surface area (Å²) in [6.07, 6.45) is 1.61. The molecule has 1 aromatic carbocycles. The van der Waals surface area contributed by atoms with Crippen molar-refractivity contribution in [2.45, 2.75) is 0 Å². The molecular formula is C9H7Cl2N. The first-order chi connectivity index (χ1) is 5.59. The van der Waals surface area contributed by atoms with Crippen molar-refractivity contribution in [3.05, 3.63) is 40.9 Å². The molecule has 0 fully saturated rings. The number of benzene rings is 1. The van der Waals surface area contributed by atoms with Crippen LogP contribution in [0.4, 0.5) is 0 Å². The molecule has 0 bridgehead atoms. The molecule has 0 N–H and O–H groups in total. The monoisotopic (exact) mass is 199 g/mol. The van der Waals surface area contributed by atoms with Crippen molar-refractivity contribution in [1.82, 2.24) is 0 Å². The largest absolute Gasteiger partial charge is 0.381 e. The van der Waals surface area contributed by atoms with Crippen LogP contribution in [0.3, 0.4) is 0 Å². The van der Waals surface area contributed by atoms with E-state index in [9.17, 15) is 0 Å². The molecule has 12 heavy (non-hydrogen) atoms. The summed E-state index contributed by atoms with van der Waals surface area (Å²) in [6, 6.07) is 5.16. The molecule has 0 spiro atoms. The van der Waals surface area contributed by atoms with Crippen LogP contribution in [0.2, 0.25) is 10.0 Å². The van der Waals surface area contributed by atoms with Crippen LogP contribution in [0.5, 0.6) is 0 Å². The third kappa shape index (κ3) is 2.43. The summed E-state index contributed by atoms with van der Waals surface area (Å²) < 4.78 is 1.19. The maximum absolute atomic E-state index is 7.15. The molecule has 1 rings (SSSR count). The van der Waals surface area contributed by atoms with Gasteiger partial charge in [0.25, 0.3) is 0 Å². The van der Waals surface area contributed by atoms with Gasteiger partial charge in [-0.1, -0.05) is 29.3 Å². The highest BCUT2D eigenvalue weighted by Crippen LogP contribution is 2.19. The molecule has 2 radical (unpaired) electrons. The lowest BCUT2D eigenvalue weighted by atomic mass is 10.2. The van der Waals surface area contributed by atoms with Crippen LogP contribution in [0.25, 0.3) is 0 Å². The Hall–Kier alpha value is -0.660. The first-order valence-corrected chi connectivity index (χ1v) is 4.09. The van der Waals surface area contributed by atoms with E-state index in [0.717, 1.165) is 5.56 Å². The third-order valence-corrected chi connectivity index (χ3v) is 1.86. The zero-order valence-electron chi connectivity index (χ0n) is 6.51. The Morgan fingerprint density at radius 1 is 1.42 bits per heavy atom. The van der Waals surface area contributed by atoms with Crippen molar-refractivity contribution < 1.29 is 4.58 Å². The van der Waals surface area contributed by atoms with Crippen LogP contribution in [-0.4, -0.2) is 17.8 Å². The lowest BCUT2D eigenvalue weighted by molar-refractivity contribution is -0.424. The lowest BCUT2D eigenvalue weighted by Gasteiger charge is -2.01. The van der Waals surface area contributed by atoms with E-state index in [-0.39, 0.29) is 0 Å². The molecule has 62 valence electrons. The minimum Gasteiger partial charge on any atom is -0.381 e. The van der Waals surface area contributed by atoms with E-state index in [1.165, 1.54) is 4.58 Å². The summed E-state index contributed by atoms with van der Waals surface area (Å²) in [5.74, 6) is 0. The summed E-state index contributed by atoms with van der Waals surface area (Å²) in [6.45, 7) is 0. The van der Waals surface area contributed by atoms with Crippen LogP contribution in [0.1, 0.15) is 5.56 Å². The van der Waals surface area contributed by atoms with Gasteiger partial charge in [-0.2, -0.15) is 0 Å². The smallest absolute Gasteiger partial charge is 0.104 e. The van der Waals surface area contributed by atoms with Gasteiger partial charge in [0.05, 0.1) is 0 Å². The summed E-state index contributed by atoms with van der Waals surface area (Å²) in [7, 11) is 8.77. The van der Waals surface area contributed by atoms with E-state index >= 15 is 0 Å². The predicted molar refractivity (Wildman–Crippen MR) is 51.1 cm³/mol. The average Bonchev–Trinajstić information content (AvgIpc) is 1.94. The minimum absolute atomic E-state index is 0.557. The molecule has 0 aromatic heterocycles. The maximum Gasteiger partial charge on any atom is 0.104 e. The summed E-state index contributed by atoms with van der Waals surface area (Å²) in [4.78, 5) is 0. The molecule has 0 saturated heterocycles. The standard InChI is InChI=1S/C9H7Cl2N/c1-12(2)6-7-3-4-8(10)5-9(7)11/h3-6H,1H3. The van der Waals surface area contributed by atoms with E-state index in [1.54, 1.807) is 31.5 Å². The number of hydrogen-bond donors (Lipinski definition) is 0. The van der Waals surface area contributed by atoms with Gasteiger partial charge in [-0.15, -0.1) is 0 Å². The maximum atomic E-state index is 7.15. The highest BCUT2D eigenvalue weighted by Gasteiger charge is 1.96. The van der Waals surface area contributed by atoms with Crippen molar-refractivity contribution in [3.63, 3.8) is 0 Å². The van der Waals surface area contributed by atoms with Crippen LogP contribution < -0.4 is 0 Å². The molecule has 0 aliphatic heterocycles. The Balaban J connectivity index is 3.10. The highest BCUT2D eigenvalue weighted by atomic mass is 35.5. The van der Waals surface area contributed by atoms with Crippen LogP contribution >= 0.6 is 23.2 Å². The van der Waals surface area contributed by atoms with E-state index in [4.69, 9.17) is 30.2 Å². The molecule has 0 unspecified atom stereocenters. The van der Waals surface area contributed by atoms with E-state index in [1.807, 2.05) is 0 Å². The van der Waals surface area contributed by atoms with Gasteiger partial charge in [0.15, 0.2) is 0 Å². The first-order valence-electron chi connectivity index (χ1n) is 3.33. The van der Waals surface area contributed by atoms with Gasteiger partial charge in [0, 0.05) is 23.3 Å². The van der Waals surface area contributed by atoms with Gasteiger partial charge in [-0.3, -0.25) is 0 Å². The Labute approximate surface area is 82.2 Å². The van der Waals surface area contributed by atoms with E-state index in [2.05, 4.69) is 0 Å². The van der Waals surface area contributed by atoms with Gasteiger partial charge in [0.2, 0.25) is 0 Å². The Kier molecular flexibility index (Phi) is 3.01. The Morgan fingerprint density at radius 2 is 2.08 bits per heavy atom. The van der Waals surface area contributed by atoms with Gasteiger partial charge >= 0.3 is 0 Å². The second kappa shape index (κ2) is 3.83. The summed E-state index contributed by atoms with van der Waals surface area (Å²) in [5, 5.41) is 1.16. The van der Waals surface area contributed by atoms with Crippen LogP contribution in [0.15, 0.2) is 18.2 Å². The fourth-order valence-electron chi connectivity index (χ4n) is 0.815. The predicted octanol–water partition coefficient (Wildman–Crippen LogP) is 2.60. The molecule has 0 atom stereocenters. The topological polar surface area (TPSA) is 3.01 Å². The van der Waals surface area contributed by atoms with Gasteiger partial charge in [-0.05, 0) is 17.7 Å². The molecule has 0 aliphatic carbocycles. The van der Waals surface area contributed by atoms with E-state index < -0.39 is 0 Å². The Bertz CT molecular complexity index is 314. The van der Waals surface area contributed by atoms with Crippen molar-refractivity contribution in [1.29, 1.82) is 0 Å². The number of rotatable bonds is 1. The van der Waals surface area contributed by atoms with Gasteiger partial charge in [0.1, 0.15) is 7.05 Å². The molecule has 1 aromatic rings. The molecule has 1 nitrogen and oxygen atoms in total.